The van der Waals surface area contributed by atoms with E-state index in [0.29, 0.717) is 6.54 Å². The Bertz CT molecular complexity index is 230. The molecule has 74 valence electrons. The smallest absolute Gasteiger partial charge is 0.0359 e. The number of aromatic nitrogens is 1. The van der Waals surface area contributed by atoms with Crippen LogP contribution >= 0.6 is 0 Å². The van der Waals surface area contributed by atoms with Crippen LogP contribution in [-0.4, -0.2) is 17.7 Å². The summed E-state index contributed by atoms with van der Waals surface area (Å²) in [6.45, 7) is 5.81. The lowest BCUT2D eigenvalue weighted by Crippen LogP contribution is -2.23. The van der Waals surface area contributed by atoms with Crippen LogP contribution < -0.4 is 11.1 Å². The van der Waals surface area contributed by atoms with Crippen molar-refractivity contribution in [3.63, 3.8) is 0 Å². The van der Waals surface area contributed by atoms with Gasteiger partial charge in [-0.3, -0.25) is 0 Å². The first-order valence-corrected chi connectivity index (χ1v) is 4.93. The highest BCUT2D eigenvalue weighted by atomic mass is 15.0. The van der Waals surface area contributed by atoms with E-state index in [-0.39, 0.29) is 0 Å². The van der Waals surface area contributed by atoms with E-state index in [1.807, 2.05) is 0 Å². The minimum absolute atomic E-state index is 0.703. The molecule has 1 aromatic heterocycles. The first-order chi connectivity index (χ1) is 6.38. The average molecular weight is 181 g/mol. The summed E-state index contributed by atoms with van der Waals surface area (Å²) in [7, 11) is 0. The van der Waals surface area contributed by atoms with Crippen molar-refractivity contribution in [2.45, 2.75) is 26.4 Å². The van der Waals surface area contributed by atoms with Gasteiger partial charge in [0.1, 0.15) is 0 Å². The zero-order chi connectivity index (χ0) is 9.52. The first kappa shape index (κ1) is 10.3. The van der Waals surface area contributed by atoms with Gasteiger partial charge in [0.25, 0.3) is 0 Å². The third-order valence-corrected chi connectivity index (χ3v) is 2.02. The van der Waals surface area contributed by atoms with Crippen LogP contribution in [0, 0.1) is 0 Å². The van der Waals surface area contributed by atoms with Crippen LogP contribution in [-0.2, 0) is 13.1 Å². The topological polar surface area (TPSA) is 43.0 Å². The maximum atomic E-state index is 5.40. The quantitative estimate of drug-likeness (QED) is 0.642. The van der Waals surface area contributed by atoms with Gasteiger partial charge < -0.3 is 15.6 Å². The summed E-state index contributed by atoms with van der Waals surface area (Å²) in [5, 5.41) is 3.29. The molecule has 0 saturated carbocycles. The molecule has 1 rings (SSSR count). The predicted octanol–water partition coefficient (Wildman–Crippen LogP) is 0.946. The molecule has 0 aliphatic rings. The number of nitrogens with one attached hydrogen (secondary N) is 1. The van der Waals surface area contributed by atoms with Crippen LogP contribution in [0.5, 0.6) is 0 Å². The molecule has 0 aliphatic heterocycles. The molecule has 0 unspecified atom stereocenters. The number of hydrogen-bond donors (Lipinski definition) is 2. The van der Waals surface area contributed by atoms with E-state index in [9.17, 15) is 0 Å². The van der Waals surface area contributed by atoms with E-state index < -0.39 is 0 Å². The average Bonchev–Trinajstić information content (AvgIpc) is 2.54. The summed E-state index contributed by atoms with van der Waals surface area (Å²) >= 11 is 0. The summed E-state index contributed by atoms with van der Waals surface area (Å²) in [6, 6.07) is 4.24. The molecule has 0 radical (unpaired) electrons. The van der Waals surface area contributed by atoms with Crippen molar-refractivity contribution in [3.05, 3.63) is 24.0 Å². The van der Waals surface area contributed by atoms with Gasteiger partial charge in [-0.1, -0.05) is 6.92 Å². The van der Waals surface area contributed by atoms with Gasteiger partial charge in [-0.2, -0.15) is 0 Å². The molecular weight excluding hydrogens is 162 g/mol. The van der Waals surface area contributed by atoms with Gasteiger partial charge in [0.15, 0.2) is 0 Å². The van der Waals surface area contributed by atoms with Gasteiger partial charge in [-0.05, 0) is 18.6 Å². The van der Waals surface area contributed by atoms with Gasteiger partial charge in [0, 0.05) is 38.1 Å². The van der Waals surface area contributed by atoms with Gasteiger partial charge in [0.2, 0.25) is 0 Å². The minimum Gasteiger partial charge on any atom is -0.350 e. The molecule has 0 fully saturated rings. The summed E-state index contributed by atoms with van der Waals surface area (Å²) in [6.07, 6.45) is 3.31. The van der Waals surface area contributed by atoms with Gasteiger partial charge in [-0.15, -0.1) is 0 Å². The largest absolute Gasteiger partial charge is 0.350 e. The van der Waals surface area contributed by atoms with Crippen molar-refractivity contribution < 1.29 is 0 Å². The van der Waals surface area contributed by atoms with Crippen molar-refractivity contribution in [2.75, 3.05) is 13.1 Å². The van der Waals surface area contributed by atoms with Gasteiger partial charge >= 0.3 is 0 Å². The lowest BCUT2D eigenvalue weighted by atomic mass is 10.4. The second kappa shape index (κ2) is 5.78. The zero-order valence-electron chi connectivity index (χ0n) is 8.29. The normalized spacial score (nSPS) is 10.6. The number of nitrogens with zero attached hydrogens (tertiary/aromatic N) is 1. The zero-order valence-corrected chi connectivity index (χ0v) is 8.29. The molecule has 0 bridgehead atoms. The molecule has 3 nitrogen and oxygen atoms in total. The van der Waals surface area contributed by atoms with E-state index >= 15 is 0 Å². The Hall–Kier alpha value is -0.800. The Morgan fingerprint density at radius 1 is 1.54 bits per heavy atom. The van der Waals surface area contributed by atoms with Gasteiger partial charge in [-0.25, -0.2) is 0 Å². The van der Waals surface area contributed by atoms with Crippen LogP contribution in [0.15, 0.2) is 18.3 Å². The third kappa shape index (κ3) is 3.20. The van der Waals surface area contributed by atoms with E-state index in [0.717, 1.165) is 19.6 Å². The number of hydrogen-bond acceptors (Lipinski definition) is 2. The number of nitrogens with two attached hydrogens (primary N) is 1. The van der Waals surface area contributed by atoms with Gasteiger partial charge in [0.05, 0.1) is 0 Å². The predicted molar refractivity (Wildman–Crippen MR) is 55.5 cm³/mol. The van der Waals surface area contributed by atoms with E-state index in [1.165, 1.54) is 12.1 Å². The monoisotopic (exact) mass is 181 g/mol. The molecule has 3 N–H and O–H groups in total. The standard InChI is InChI=1S/C10H19N3/c1-2-7-13-8-3-4-10(13)9-12-6-5-11/h3-4,8,12H,2,5-7,9,11H2,1H3. The molecule has 0 spiro atoms. The molecular formula is C10H19N3. The summed E-state index contributed by atoms with van der Waals surface area (Å²) in [5.41, 5.74) is 6.74. The first-order valence-electron chi connectivity index (χ1n) is 4.93. The van der Waals surface area contributed by atoms with E-state index in [1.54, 1.807) is 0 Å². The Labute approximate surface area is 79.9 Å². The molecule has 13 heavy (non-hydrogen) atoms. The van der Waals surface area contributed by atoms with E-state index in [4.69, 9.17) is 5.73 Å². The fourth-order valence-electron chi connectivity index (χ4n) is 1.39. The molecule has 3 heteroatoms. The molecule has 0 saturated heterocycles. The fraction of sp³-hybridized carbons (Fsp3) is 0.600. The second-order valence-electron chi connectivity index (χ2n) is 3.16. The summed E-state index contributed by atoms with van der Waals surface area (Å²) in [5.74, 6) is 0. The minimum atomic E-state index is 0.703. The Morgan fingerprint density at radius 2 is 2.38 bits per heavy atom. The lowest BCUT2D eigenvalue weighted by molar-refractivity contribution is 0.605. The molecule has 1 aromatic rings. The van der Waals surface area contributed by atoms with Crippen LogP contribution in [0.4, 0.5) is 0 Å². The van der Waals surface area contributed by atoms with Crippen molar-refractivity contribution in [1.29, 1.82) is 0 Å². The second-order valence-corrected chi connectivity index (χ2v) is 3.16. The molecule has 0 atom stereocenters. The number of aryl methyl sites for hydroxylation is 1. The lowest BCUT2D eigenvalue weighted by Gasteiger charge is -2.08. The Balaban J connectivity index is 2.40. The summed E-state index contributed by atoms with van der Waals surface area (Å²) in [4.78, 5) is 0. The third-order valence-electron chi connectivity index (χ3n) is 2.02. The van der Waals surface area contributed by atoms with Crippen molar-refractivity contribution in [1.82, 2.24) is 9.88 Å². The maximum Gasteiger partial charge on any atom is 0.0359 e. The fourth-order valence-corrected chi connectivity index (χ4v) is 1.39. The maximum absolute atomic E-state index is 5.40. The Morgan fingerprint density at radius 3 is 3.08 bits per heavy atom. The van der Waals surface area contributed by atoms with Crippen molar-refractivity contribution in [3.8, 4) is 0 Å². The molecule has 0 amide bonds. The van der Waals surface area contributed by atoms with Crippen LogP contribution in [0.3, 0.4) is 0 Å². The molecule has 0 aromatic carbocycles. The van der Waals surface area contributed by atoms with Crippen molar-refractivity contribution >= 4 is 0 Å². The molecule has 0 aliphatic carbocycles. The Kier molecular flexibility index (Phi) is 4.57. The highest BCUT2D eigenvalue weighted by Crippen LogP contribution is 2.02. The highest BCUT2D eigenvalue weighted by Gasteiger charge is 1.97. The SMILES string of the molecule is CCCn1cccc1CNCCN. The van der Waals surface area contributed by atoms with Crippen LogP contribution in [0.2, 0.25) is 0 Å². The van der Waals surface area contributed by atoms with Crippen LogP contribution in [0.25, 0.3) is 0 Å². The molecule has 1 heterocycles. The highest BCUT2D eigenvalue weighted by molar-refractivity contribution is 5.06. The summed E-state index contributed by atoms with van der Waals surface area (Å²) < 4.78 is 2.28. The van der Waals surface area contributed by atoms with Crippen molar-refractivity contribution in [2.24, 2.45) is 5.73 Å². The van der Waals surface area contributed by atoms with E-state index in [2.05, 4.69) is 35.1 Å². The van der Waals surface area contributed by atoms with Crippen LogP contribution in [0.1, 0.15) is 19.0 Å². The number of rotatable bonds is 6.